The van der Waals surface area contributed by atoms with Crippen molar-refractivity contribution >= 4 is 28.0 Å². The Kier molecular flexibility index (Phi) is 4.83. The Balaban J connectivity index is 3.06. The molecule has 0 aromatic carbocycles. The van der Waals surface area contributed by atoms with Crippen molar-refractivity contribution in [2.24, 2.45) is 0 Å². The third kappa shape index (κ3) is 3.54. The fourth-order valence-corrected chi connectivity index (χ4v) is 2.53. The van der Waals surface area contributed by atoms with Gasteiger partial charge in [-0.15, -0.1) is 11.3 Å². The number of nitriles is 1. The van der Waals surface area contributed by atoms with E-state index >= 15 is 0 Å². The maximum absolute atomic E-state index is 12.2. The molecule has 2 N–H and O–H groups in total. The number of ether oxygens (including phenoxy) is 1. The number of methoxy groups -OCH3 is 1. The number of nitrogen functional groups attached to an aromatic ring is 1. The van der Waals surface area contributed by atoms with Crippen LogP contribution >= 0.6 is 11.3 Å². The number of esters is 1. The highest BCUT2D eigenvalue weighted by Gasteiger charge is 2.29. The molecule has 1 aromatic rings. The number of thiophene rings is 1. The molecule has 0 aliphatic carbocycles. The summed E-state index contributed by atoms with van der Waals surface area (Å²) in [7, 11) is 2.56. The minimum atomic E-state index is -4.30. The minimum absolute atomic E-state index is 0.0120. The van der Waals surface area contributed by atoms with Crippen LogP contribution in [0.5, 0.6) is 0 Å². The first-order chi connectivity index (χ1) is 9.21. The number of rotatable bonds is 4. The van der Waals surface area contributed by atoms with Gasteiger partial charge in [0.05, 0.1) is 19.2 Å². The van der Waals surface area contributed by atoms with Gasteiger partial charge in [-0.3, -0.25) is 0 Å². The van der Waals surface area contributed by atoms with Crippen LogP contribution < -0.4 is 10.6 Å². The predicted octanol–water partition coefficient (Wildman–Crippen LogP) is 2.38. The third-order valence-electron chi connectivity index (χ3n) is 2.49. The fourth-order valence-electron chi connectivity index (χ4n) is 1.45. The van der Waals surface area contributed by atoms with E-state index in [1.165, 1.54) is 11.9 Å². The van der Waals surface area contributed by atoms with Gasteiger partial charge in [-0.05, 0) is 0 Å². The molecule has 0 aliphatic heterocycles. The summed E-state index contributed by atoms with van der Waals surface area (Å²) in [6.45, 7) is -0.335. The molecule has 0 saturated carbocycles. The van der Waals surface area contributed by atoms with E-state index in [0.29, 0.717) is 0 Å². The maximum Gasteiger partial charge on any atom is 0.390 e. The van der Waals surface area contributed by atoms with Crippen molar-refractivity contribution in [1.29, 1.82) is 5.26 Å². The largest absolute Gasteiger partial charge is 0.465 e. The summed E-state index contributed by atoms with van der Waals surface area (Å²) in [5.41, 5.74) is 5.56. The van der Waals surface area contributed by atoms with Crippen molar-refractivity contribution in [1.82, 2.24) is 0 Å². The zero-order valence-electron chi connectivity index (χ0n) is 10.7. The molecule has 110 valence electrons. The quantitative estimate of drug-likeness (QED) is 0.864. The van der Waals surface area contributed by atoms with Gasteiger partial charge in [0.2, 0.25) is 0 Å². The van der Waals surface area contributed by atoms with E-state index in [2.05, 4.69) is 4.74 Å². The number of alkyl halides is 3. The zero-order valence-corrected chi connectivity index (χ0v) is 11.6. The van der Waals surface area contributed by atoms with E-state index in [9.17, 15) is 18.0 Å². The van der Waals surface area contributed by atoms with Crippen molar-refractivity contribution in [2.75, 3.05) is 31.3 Å². The summed E-state index contributed by atoms with van der Waals surface area (Å²) in [5.74, 6) is -0.723. The molecule has 5 nitrogen and oxygen atoms in total. The van der Waals surface area contributed by atoms with E-state index in [0.717, 1.165) is 18.4 Å². The summed E-state index contributed by atoms with van der Waals surface area (Å²) < 4.78 is 41.1. The first-order valence-electron chi connectivity index (χ1n) is 5.39. The summed E-state index contributed by atoms with van der Waals surface area (Å²) >= 11 is 0.839. The van der Waals surface area contributed by atoms with Crippen LogP contribution in [0.4, 0.5) is 23.9 Å². The molecule has 1 heterocycles. The maximum atomic E-state index is 12.2. The van der Waals surface area contributed by atoms with Gasteiger partial charge in [0, 0.05) is 13.6 Å². The molecule has 9 heteroatoms. The molecule has 0 fully saturated rings. The molecule has 0 unspecified atom stereocenters. The van der Waals surface area contributed by atoms with Gasteiger partial charge < -0.3 is 15.4 Å². The van der Waals surface area contributed by atoms with Crippen LogP contribution in [-0.2, 0) is 4.74 Å². The lowest BCUT2D eigenvalue weighted by Gasteiger charge is -2.18. The normalized spacial score (nSPS) is 11.0. The number of anilines is 2. The summed E-state index contributed by atoms with van der Waals surface area (Å²) in [6.07, 6.45) is -5.32. The molecule has 0 spiro atoms. The molecular weight excluding hydrogens is 295 g/mol. The second-order valence-electron chi connectivity index (χ2n) is 3.92. The Morgan fingerprint density at radius 1 is 1.55 bits per heavy atom. The molecular formula is C11H12F3N3O2S. The predicted molar refractivity (Wildman–Crippen MR) is 68.7 cm³/mol. The molecule has 0 aliphatic rings. The van der Waals surface area contributed by atoms with E-state index in [-0.39, 0.29) is 27.7 Å². The average molecular weight is 307 g/mol. The minimum Gasteiger partial charge on any atom is -0.465 e. The van der Waals surface area contributed by atoms with E-state index in [1.54, 1.807) is 6.07 Å². The SMILES string of the molecule is COC(=O)c1sc(N(C)CCC(F)(F)F)c(C#N)c1N. The number of halogens is 3. The lowest BCUT2D eigenvalue weighted by atomic mass is 10.2. The Morgan fingerprint density at radius 3 is 2.60 bits per heavy atom. The van der Waals surface area contributed by atoms with Gasteiger partial charge >= 0.3 is 12.1 Å². The molecule has 0 amide bonds. The van der Waals surface area contributed by atoms with Crippen LogP contribution in [0.1, 0.15) is 21.7 Å². The number of carbonyl (C=O) groups excluding carboxylic acids is 1. The van der Waals surface area contributed by atoms with E-state index in [4.69, 9.17) is 11.0 Å². The van der Waals surface area contributed by atoms with Crippen molar-refractivity contribution in [3.8, 4) is 6.07 Å². The van der Waals surface area contributed by atoms with E-state index < -0.39 is 18.6 Å². The zero-order chi connectivity index (χ0) is 15.5. The van der Waals surface area contributed by atoms with Gasteiger partial charge in [0.25, 0.3) is 0 Å². The van der Waals surface area contributed by atoms with Crippen molar-refractivity contribution < 1.29 is 22.7 Å². The second kappa shape index (κ2) is 6.00. The summed E-state index contributed by atoms with van der Waals surface area (Å²) in [4.78, 5) is 12.7. The standard InChI is InChI=1S/C11H12F3N3O2S/c1-17(4-3-11(12,13)14)9-6(5-15)7(16)8(20-9)10(18)19-2/h3-4,16H2,1-2H3. The monoisotopic (exact) mass is 307 g/mol. The molecule has 0 radical (unpaired) electrons. The molecule has 1 rings (SSSR count). The molecule has 20 heavy (non-hydrogen) atoms. The molecule has 0 bridgehead atoms. The summed E-state index contributed by atoms with van der Waals surface area (Å²) in [6, 6.07) is 1.80. The Hall–Kier alpha value is -1.95. The van der Waals surface area contributed by atoms with Crippen molar-refractivity contribution in [3.63, 3.8) is 0 Å². The Bertz CT molecular complexity index is 548. The third-order valence-corrected chi connectivity index (χ3v) is 3.79. The smallest absolute Gasteiger partial charge is 0.390 e. The van der Waals surface area contributed by atoms with Gasteiger partial charge in [-0.2, -0.15) is 18.4 Å². The molecule has 1 aromatic heterocycles. The Morgan fingerprint density at radius 2 is 2.15 bits per heavy atom. The molecule has 0 atom stereocenters. The highest BCUT2D eigenvalue weighted by molar-refractivity contribution is 7.18. The van der Waals surface area contributed by atoms with Crippen LogP contribution in [-0.4, -0.2) is 32.8 Å². The topological polar surface area (TPSA) is 79.3 Å². The first-order valence-corrected chi connectivity index (χ1v) is 6.21. The number of carbonyl (C=O) groups is 1. The van der Waals surface area contributed by atoms with Crippen LogP contribution in [0.25, 0.3) is 0 Å². The van der Waals surface area contributed by atoms with Crippen LogP contribution in [0.15, 0.2) is 0 Å². The average Bonchev–Trinajstić information content (AvgIpc) is 2.71. The summed E-state index contributed by atoms with van der Waals surface area (Å²) in [5, 5.41) is 9.24. The number of nitrogens with zero attached hydrogens (tertiary/aromatic N) is 2. The molecule has 0 saturated heterocycles. The van der Waals surface area contributed by atoms with Gasteiger partial charge in [0.15, 0.2) is 0 Å². The van der Waals surface area contributed by atoms with Gasteiger partial charge in [0.1, 0.15) is 21.5 Å². The highest BCUT2D eigenvalue weighted by Crippen LogP contribution is 2.38. The number of nitrogens with two attached hydrogens (primary N) is 1. The van der Waals surface area contributed by atoms with Crippen molar-refractivity contribution in [3.05, 3.63) is 10.4 Å². The second-order valence-corrected chi connectivity index (χ2v) is 4.91. The highest BCUT2D eigenvalue weighted by atomic mass is 32.1. The number of hydrogen-bond donors (Lipinski definition) is 1. The fraction of sp³-hybridized carbons (Fsp3) is 0.455. The first kappa shape index (κ1) is 16.1. The Labute approximate surface area is 117 Å². The van der Waals surface area contributed by atoms with Gasteiger partial charge in [-0.25, -0.2) is 4.79 Å². The lowest BCUT2D eigenvalue weighted by molar-refractivity contribution is -0.132. The van der Waals surface area contributed by atoms with Gasteiger partial charge in [-0.1, -0.05) is 0 Å². The van der Waals surface area contributed by atoms with Crippen LogP contribution in [0.3, 0.4) is 0 Å². The lowest BCUT2D eigenvalue weighted by Crippen LogP contribution is -2.23. The van der Waals surface area contributed by atoms with E-state index in [1.807, 2.05) is 0 Å². The van der Waals surface area contributed by atoms with Crippen LogP contribution in [0.2, 0.25) is 0 Å². The van der Waals surface area contributed by atoms with Crippen LogP contribution in [0, 0.1) is 11.3 Å². The van der Waals surface area contributed by atoms with Crippen molar-refractivity contribution in [2.45, 2.75) is 12.6 Å². The number of hydrogen-bond acceptors (Lipinski definition) is 6.